The second-order valence-electron chi connectivity index (χ2n) is 8.51. The zero-order chi connectivity index (χ0) is 25.9. The lowest BCUT2D eigenvalue weighted by Crippen LogP contribution is -2.32. The van der Waals surface area contributed by atoms with Crippen molar-refractivity contribution < 1.29 is 26.0 Å². The Bertz CT molecular complexity index is 1420. The second-order valence-corrected chi connectivity index (χ2v) is 12.8. The molecule has 1 aliphatic heterocycles. The largest absolute Gasteiger partial charge is 0.376 e. The van der Waals surface area contributed by atoms with E-state index in [1.165, 1.54) is 57.5 Å². The van der Waals surface area contributed by atoms with Gasteiger partial charge in [-0.25, -0.2) is 26.2 Å². The molecule has 0 unspecified atom stereocenters. The van der Waals surface area contributed by atoms with Gasteiger partial charge in [0.05, 0.1) is 41.7 Å². The van der Waals surface area contributed by atoms with Crippen molar-refractivity contribution in [3.05, 3.63) is 76.8 Å². The van der Waals surface area contributed by atoms with Gasteiger partial charge in [0.1, 0.15) is 5.82 Å². The van der Waals surface area contributed by atoms with E-state index < -0.39 is 31.4 Å². The third-order valence-electron chi connectivity index (χ3n) is 6.04. The van der Waals surface area contributed by atoms with Crippen LogP contribution in [-0.2, 0) is 43.4 Å². The quantitative estimate of drug-likeness (QED) is 0.374. The number of hydrogen-bond acceptors (Lipinski definition) is 6. The fourth-order valence-electron chi connectivity index (χ4n) is 4.14. The molecule has 1 saturated heterocycles. The van der Waals surface area contributed by atoms with Crippen molar-refractivity contribution in [1.29, 1.82) is 0 Å². The van der Waals surface area contributed by atoms with Crippen LogP contribution in [0.3, 0.4) is 0 Å². The Morgan fingerprint density at radius 2 is 1.86 bits per heavy atom. The maximum absolute atomic E-state index is 14.2. The standard InChI is InChI=1S/C24H27ClFN3O5S2/c1-2-28(36(32,33)22-11-9-19(25)10-12-22)15-20-14-27-24(29(20)16-21-7-5-13-34-21)35(30,31)17-18-6-3-4-8-23(18)26/h3-4,6,8-12,14,21H,2,5,7,13,15-17H2,1H3/t21-/m0/s1. The Labute approximate surface area is 215 Å². The number of benzene rings is 2. The summed E-state index contributed by atoms with van der Waals surface area (Å²) < 4.78 is 75.9. The van der Waals surface area contributed by atoms with E-state index >= 15 is 0 Å². The lowest BCUT2D eigenvalue weighted by Gasteiger charge is -2.22. The van der Waals surface area contributed by atoms with Gasteiger partial charge in [-0.15, -0.1) is 0 Å². The molecular formula is C24H27ClFN3O5S2. The molecule has 12 heteroatoms. The van der Waals surface area contributed by atoms with E-state index in [1.807, 2.05) is 0 Å². The zero-order valence-corrected chi connectivity index (χ0v) is 22.1. The summed E-state index contributed by atoms with van der Waals surface area (Å²) in [4.78, 5) is 4.24. The molecule has 1 atom stereocenters. The molecule has 4 rings (SSSR count). The van der Waals surface area contributed by atoms with Crippen LogP contribution in [0.4, 0.5) is 4.39 Å². The van der Waals surface area contributed by atoms with E-state index in [2.05, 4.69) is 4.98 Å². The van der Waals surface area contributed by atoms with Crippen molar-refractivity contribution >= 4 is 31.5 Å². The molecule has 0 spiro atoms. The molecule has 1 aliphatic rings. The van der Waals surface area contributed by atoms with E-state index in [0.717, 1.165) is 12.8 Å². The van der Waals surface area contributed by atoms with Crippen LogP contribution in [-0.4, -0.2) is 49.9 Å². The third kappa shape index (κ3) is 5.81. The number of hydrogen-bond donors (Lipinski definition) is 0. The molecule has 0 amide bonds. The minimum Gasteiger partial charge on any atom is -0.376 e. The smallest absolute Gasteiger partial charge is 0.243 e. The second kappa shape index (κ2) is 11.0. The van der Waals surface area contributed by atoms with Crippen molar-refractivity contribution in [2.24, 2.45) is 0 Å². The minimum absolute atomic E-state index is 0.0335. The molecule has 3 aromatic rings. The van der Waals surface area contributed by atoms with Crippen molar-refractivity contribution in [2.45, 2.75) is 54.8 Å². The Balaban J connectivity index is 1.69. The molecule has 0 saturated carbocycles. The molecule has 2 heterocycles. The number of aromatic nitrogens is 2. The highest BCUT2D eigenvalue weighted by atomic mass is 35.5. The van der Waals surface area contributed by atoms with Crippen LogP contribution in [0.5, 0.6) is 0 Å². The van der Waals surface area contributed by atoms with Gasteiger partial charge in [-0.1, -0.05) is 36.7 Å². The van der Waals surface area contributed by atoms with Crippen molar-refractivity contribution in [3.8, 4) is 0 Å². The molecular weight excluding hydrogens is 529 g/mol. The maximum Gasteiger partial charge on any atom is 0.243 e. The van der Waals surface area contributed by atoms with Crippen LogP contribution in [0.15, 0.2) is 64.8 Å². The molecule has 1 fully saturated rings. The number of rotatable bonds is 10. The van der Waals surface area contributed by atoms with E-state index in [9.17, 15) is 21.2 Å². The van der Waals surface area contributed by atoms with Gasteiger partial charge in [-0.05, 0) is 43.2 Å². The SMILES string of the molecule is CCN(Cc1cnc(S(=O)(=O)Cc2ccccc2F)n1C[C@@H]1CCCO1)S(=O)(=O)c1ccc(Cl)cc1. The van der Waals surface area contributed by atoms with Crippen molar-refractivity contribution in [1.82, 2.24) is 13.9 Å². The molecule has 194 valence electrons. The summed E-state index contributed by atoms with van der Waals surface area (Å²) in [6.45, 7) is 2.51. The van der Waals surface area contributed by atoms with E-state index in [0.29, 0.717) is 17.3 Å². The molecule has 0 N–H and O–H groups in total. The number of sulfonamides is 1. The van der Waals surface area contributed by atoms with Gasteiger partial charge >= 0.3 is 0 Å². The number of ether oxygens (including phenoxy) is 1. The normalized spacial score (nSPS) is 16.6. The van der Waals surface area contributed by atoms with Gasteiger partial charge < -0.3 is 9.30 Å². The first kappa shape index (κ1) is 26.7. The van der Waals surface area contributed by atoms with Crippen molar-refractivity contribution in [2.75, 3.05) is 13.2 Å². The summed E-state index contributed by atoms with van der Waals surface area (Å²) in [5.41, 5.74) is 0.434. The predicted molar refractivity (Wildman–Crippen MR) is 133 cm³/mol. The minimum atomic E-state index is -4.05. The predicted octanol–water partition coefficient (Wildman–Crippen LogP) is 4.04. The molecule has 0 radical (unpaired) electrons. The fraction of sp³-hybridized carbons (Fsp3) is 0.375. The van der Waals surface area contributed by atoms with E-state index in [-0.39, 0.29) is 41.4 Å². The summed E-state index contributed by atoms with van der Waals surface area (Å²) in [6.07, 6.45) is 2.72. The molecule has 2 aromatic carbocycles. The summed E-state index contributed by atoms with van der Waals surface area (Å²) in [6, 6.07) is 11.5. The first-order chi connectivity index (χ1) is 17.1. The fourth-order valence-corrected chi connectivity index (χ4v) is 7.20. The van der Waals surface area contributed by atoms with E-state index in [1.54, 1.807) is 13.0 Å². The van der Waals surface area contributed by atoms with Gasteiger partial charge in [-0.3, -0.25) is 0 Å². The topological polar surface area (TPSA) is 98.6 Å². The van der Waals surface area contributed by atoms with Gasteiger partial charge in [0.2, 0.25) is 25.0 Å². The monoisotopic (exact) mass is 555 g/mol. The highest BCUT2D eigenvalue weighted by Gasteiger charge is 2.30. The molecule has 0 bridgehead atoms. The van der Waals surface area contributed by atoms with Crippen LogP contribution in [0.2, 0.25) is 5.02 Å². The van der Waals surface area contributed by atoms with Crippen LogP contribution < -0.4 is 0 Å². The number of sulfone groups is 1. The Kier molecular flexibility index (Phi) is 8.15. The molecule has 8 nitrogen and oxygen atoms in total. The lowest BCUT2D eigenvalue weighted by molar-refractivity contribution is 0.0937. The average molecular weight is 556 g/mol. The van der Waals surface area contributed by atoms with Gasteiger partial charge in [0, 0.05) is 23.7 Å². The molecule has 1 aromatic heterocycles. The van der Waals surface area contributed by atoms with Crippen molar-refractivity contribution in [3.63, 3.8) is 0 Å². The number of imidazole rings is 1. The zero-order valence-electron chi connectivity index (χ0n) is 19.7. The summed E-state index contributed by atoms with van der Waals surface area (Å²) >= 11 is 5.91. The van der Waals surface area contributed by atoms with Crippen LogP contribution in [0.25, 0.3) is 0 Å². The molecule has 36 heavy (non-hydrogen) atoms. The molecule has 0 aliphatic carbocycles. The summed E-state index contributed by atoms with van der Waals surface area (Å²) in [5.74, 6) is -1.19. The van der Waals surface area contributed by atoms with Gasteiger partial charge in [0.25, 0.3) is 0 Å². The van der Waals surface area contributed by atoms with E-state index in [4.69, 9.17) is 16.3 Å². The first-order valence-electron chi connectivity index (χ1n) is 11.5. The Hall–Kier alpha value is -2.31. The van der Waals surface area contributed by atoms with Crippen LogP contribution in [0, 0.1) is 5.82 Å². The van der Waals surface area contributed by atoms with Crippen LogP contribution >= 0.6 is 11.6 Å². The number of halogens is 2. The first-order valence-corrected chi connectivity index (χ1v) is 15.0. The Morgan fingerprint density at radius 3 is 2.50 bits per heavy atom. The number of nitrogens with zero attached hydrogens (tertiary/aromatic N) is 3. The average Bonchev–Trinajstić information content (AvgIpc) is 3.50. The Morgan fingerprint density at radius 1 is 1.14 bits per heavy atom. The third-order valence-corrected chi connectivity index (χ3v) is 9.80. The maximum atomic E-state index is 14.2. The van der Waals surface area contributed by atoms with Crippen LogP contribution in [0.1, 0.15) is 31.0 Å². The van der Waals surface area contributed by atoms with Gasteiger partial charge in [0.15, 0.2) is 0 Å². The lowest BCUT2D eigenvalue weighted by atomic mass is 10.2. The highest BCUT2D eigenvalue weighted by Crippen LogP contribution is 2.25. The van der Waals surface area contributed by atoms with Gasteiger partial charge in [-0.2, -0.15) is 4.31 Å². The summed E-state index contributed by atoms with van der Waals surface area (Å²) in [5, 5.41) is 0.174. The summed E-state index contributed by atoms with van der Waals surface area (Å²) in [7, 11) is -7.94. The highest BCUT2D eigenvalue weighted by molar-refractivity contribution is 7.90.